The highest BCUT2D eigenvalue weighted by Crippen LogP contribution is 2.03. The predicted molar refractivity (Wildman–Crippen MR) is 122 cm³/mol. The highest BCUT2D eigenvalue weighted by atomic mass is 16.6. The van der Waals surface area contributed by atoms with E-state index in [2.05, 4.69) is 31.2 Å². The molecule has 0 heterocycles. The van der Waals surface area contributed by atoms with Gasteiger partial charge in [0.25, 0.3) is 0 Å². The first-order valence-electron chi connectivity index (χ1n) is 11.1. The molecule has 0 aliphatic carbocycles. The van der Waals surface area contributed by atoms with Gasteiger partial charge >= 0.3 is 11.9 Å². The zero-order valence-corrected chi connectivity index (χ0v) is 19.0. The molecule has 6 nitrogen and oxygen atoms in total. The summed E-state index contributed by atoms with van der Waals surface area (Å²) in [7, 11) is 0. The van der Waals surface area contributed by atoms with Crippen molar-refractivity contribution in [2.45, 2.75) is 77.7 Å². The summed E-state index contributed by atoms with van der Waals surface area (Å²) in [4.78, 5) is 34.2. The van der Waals surface area contributed by atoms with E-state index >= 15 is 0 Å². The van der Waals surface area contributed by atoms with Crippen LogP contribution in [0.3, 0.4) is 0 Å². The molecule has 0 spiro atoms. The van der Waals surface area contributed by atoms with Crippen LogP contribution in [0.4, 0.5) is 0 Å². The lowest BCUT2D eigenvalue weighted by molar-refractivity contribution is -0.159. The Balaban J connectivity index is 3.81. The first kappa shape index (κ1) is 28.5. The maximum absolute atomic E-state index is 11.8. The summed E-state index contributed by atoms with van der Waals surface area (Å²) in [5.41, 5.74) is 0. The largest absolute Gasteiger partial charge is 0.462 e. The first-order valence-corrected chi connectivity index (χ1v) is 11.1. The van der Waals surface area contributed by atoms with E-state index in [1.165, 1.54) is 32.3 Å². The Morgan fingerprint density at radius 2 is 1.61 bits per heavy atom. The van der Waals surface area contributed by atoms with Crippen molar-refractivity contribution < 1.29 is 29.0 Å². The highest BCUT2D eigenvalue weighted by Gasteiger charge is 2.13. The molecule has 1 atom stereocenters. The Morgan fingerprint density at radius 1 is 0.903 bits per heavy atom. The van der Waals surface area contributed by atoms with E-state index in [1.54, 1.807) is 6.08 Å². The molecule has 0 aromatic carbocycles. The van der Waals surface area contributed by atoms with Gasteiger partial charge in [0.1, 0.15) is 6.61 Å². The van der Waals surface area contributed by atoms with Crippen LogP contribution < -0.4 is 0 Å². The third-order valence-corrected chi connectivity index (χ3v) is 4.15. The van der Waals surface area contributed by atoms with Crippen molar-refractivity contribution in [2.75, 3.05) is 13.2 Å². The number of hydrogen-bond donors (Lipinski definition) is 1. The number of unbranched alkanes of at least 4 members (excludes halogenated alkanes) is 3. The minimum Gasteiger partial charge on any atom is -0.462 e. The molecule has 0 unspecified atom stereocenters. The third kappa shape index (κ3) is 20.6. The van der Waals surface area contributed by atoms with Gasteiger partial charge in [-0.25, -0.2) is 0 Å². The fourth-order valence-corrected chi connectivity index (χ4v) is 2.50. The molecule has 0 aromatic heterocycles. The number of allylic oxidation sites excluding steroid dienone is 8. The summed E-state index contributed by atoms with van der Waals surface area (Å²) in [6.07, 6.45) is 22.2. The first-order chi connectivity index (χ1) is 15.0. The minimum absolute atomic E-state index is 0.0608. The molecule has 174 valence electrons. The zero-order chi connectivity index (χ0) is 23.2. The molecule has 0 aromatic rings. The monoisotopic (exact) mass is 434 g/mol. The maximum Gasteiger partial charge on any atom is 0.305 e. The molecular weight excluding hydrogens is 396 g/mol. The Kier molecular flexibility index (Phi) is 19.1. The van der Waals surface area contributed by atoms with E-state index in [0.29, 0.717) is 6.42 Å². The number of rotatable bonds is 18. The van der Waals surface area contributed by atoms with Gasteiger partial charge in [-0.2, -0.15) is 0 Å². The van der Waals surface area contributed by atoms with Crippen LogP contribution >= 0.6 is 0 Å². The number of aliphatic hydroxyl groups excluding tert-OH is 1. The van der Waals surface area contributed by atoms with Gasteiger partial charge in [0, 0.05) is 19.8 Å². The quantitative estimate of drug-likeness (QED) is 0.110. The van der Waals surface area contributed by atoms with Gasteiger partial charge < -0.3 is 14.6 Å². The van der Waals surface area contributed by atoms with Crippen LogP contribution in [0, 0.1) is 0 Å². The summed E-state index contributed by atoms with van der Waals surface area (Å²) in [5, 5.41) is 9.02. The Labute approximate surface area is 186 Å². The van der Waals surface area contributed by atoms with Gasteiger partial charge in [-0.1, -0.05) is 62.3 Å². The molecular formula is C25H38O6. The van der Waals surface area contributed by atoms with E-state index in [0.717, 1.165) is 19.3 Å². The SMILES string of the molecule is CCCCC/C=C\C/C=C\C/C=C\C=C\C(=O)CCCC(=O)OC[C@H](CO)OC(C)=O. The smallest absolute Gasteiger partial charge is 0.305 e. The Morgan fingerprint density at radius 3 is 2.29 bits per heavy atom. The van der Waals surface area contributed by atoms with Crippen LogP contribution in [0.15, 0.2) is 48.6 Å². The number of aliphatic hydroxyl groups is 1. The van der Waals surface area contributed by atoms with Crippen LogP contribution in [0.25, 0.3) is 0 Å². The Hall–Kier alpha value is -2.47. The molecule has 0 bridgehead atoms. The molecule has 0 radical (unpaired) electrons. The summed E-state index contributed by atoms with van der Waals surface area (Å²) >= 11 is 0. The van der Waals surface area contributed by atoms with Gasteiger partial charge in [0.15, 0.2) is 11.9 Å². The van der Waals surface area contributed by atoms with E-state index in [4.69, 9.17) is 14.6 Å². The highest BCUT2D eigenvalue weighted by molar-refractivity contribution is 5.90. The molecule has 0 aliphatic heterocycles. The maximum atomic E-state index is 11.8. The average Bonchev–Trinajstić information content (AvgIpc) is 2.74. The van der Waals surface area contributed by atoms with Gasteiger partial charge in [-0.3, -0.25) is 14.4 Å². The van der Waals surface area contributed by atoms with Crippen molar-refractivity contribution in [1.82, 2.24) is 0 Å². The van der Waals surface area contributed by atoms with Crippen LogP contribution in [0.2, 0.25) is 0 Å². The molecule has 0 saturated heterocycles. The van der Waals surface area contributed by atoms with Crippen molar-refractivity contribution in [3.8, 4) is 0 Å². The van der Waals surface area contributed by atoms with Gasteiger partial charge in [-0.15, -0.1) is 0 Å². The summed E-state index contributed by atoms with van der Waals surface area (Å²) < 4.78 is 9.70. The van der Waals surface area contributed by atoms with Crippen LogP contribution in [0.1, 0.15) is 71.6 Å². The Bertz CT molecular complexity index is 616. The lowest BCUT2D eigenvalue weighted by atomic mass is 10.1. The van der Waals surface area contributed by atoms with Gasteiger partial charge in [-0.05, 0) is 38.2 Å². The van der Waals surface area contributed by atoms with E-state index in [9.17, 15) is 14.4 Å². The standard InChI is InChI=1S/C25H38O6/c1-3-4-5-6-7-8-9-10-11-12-13-14-15-17-23(28)18-16-19-25(29)30-21-24(20-26)31-22(2)27/h7-8,10-11,13-15,17,24,26H,3-6,9,12,16,18-21H2,1-2H3/b8-7-,11-10-,14-13-,17-15+/t24-/m0/s1. The molecule has 0 amide bonds. The van der Waals surface area contributed by atoms with Gasteiger partial charge in [0.2, 0.25) is 0 Å². The van der Waals surface area contributed by atoms with Crippen LogP contribution in [-0.2, 0) is 23.9 Å². The number of carbonyl (C=O) groups excluding carboxylic acids is 3. The van der Waals surface area contributed by atoms with Crippen LogP contribution in [-0.4, -0.2) is 42.1 Å². The van der Waals surface area contributed by atoms with Crippen molar-refractivity contribution in [1.29, 1.82) is 0 Å². The number of esters is 2. The van der Waals surface area contributed by atoms with E-state index < -0.39 is 24.6 Å². The number of ketones is 1. The molecule has 0 fully saturated rings. The summed E-state index contributed by atoms with van der Waals surface area (Å²) in [5.74, 6) is -1.11. The normalized spacial score (nSPS) is 12.9. The fraction of sp³-hybridized carbons (Fsp3) is 0.560. The molecule has 6 heteroatoms. The second kappa shape index (κ2) is 20.8. The molecule has 31 heavy (non-hydrogen) atoms. The minimum atomic E-state index is -0.861. The second-order valence-corrected chi connectivity index (χ2v) is 7.11. The van der Waals surface area contributed by atoms with Crippen LogP contribution in [0.5, 0.6) is 0 Å². The van der Waals surface area contributed by atoms with E-state index in [1.807, 2.05) is 12.2 Å². The predicted octanol–water partition coefficient (Wildman–Crippen LogP) is 4.78. The van der Waals surface area contributed by atoms with Crippen molar-refractivity contribution in [3.63, 3.8) is 0 Å². The van der Waals surface area contributed by atoms with Crippen molar-refractivity contribution in [3.05, 3.63) is 48.6 Å². The number of ether oxygens (including phenoxy) is 2. The lowest BCUT2D eigenvalue weighted by Gasteiger charge is -2.14. The number of hydrogen-bond acceptors (Lipinski definition) is 6. The third-order valence-electron chi connectivity index (χ3n) is 4.15. The van der Waals surface area contributed by atoms with Crippen molar-refractivity contribution >= 4 is 17.7 Å². The zero-order valence-electron chi connectivity index (χ0n) is 19.0. The average molecular weight is 435 g/mol. The summed E-state index contributed by atoms with van der Waals surface area (Å²) in [6, 6.07) is 0. The van der Waals surface area contributed by atoms with Gasteiger partial charge in [0.05, 0.1) is 6.61 Å². The molecule has 0 aliphatic rings. The molecule has 1 N–H and O–H groups in total. The lowest BCUT2D eigenvalue weighted by Crippen LogP contribution is -2.27. The van der Waals surface area contributed by atoms with E-state index in [-0.39, 0.29) is 25.2 Å². The number of carbonyl (C=O) groups is 3. The van der Waals surface area contributed by atoms with Crippen molar-refractivity contribution in [2.24, 2.45) is 0 Å². The second-order valence-electron chi connectivity index (χ2n) is 7.11. The summed E-state index contributed by atoms with van der Waals surface area (Å²) in [6.45, 7) is 2.80. The fourth-order valence-electron chi connectivity index (χ4n) is 2.50. The molecule has 0 saturated carbocycles. The molecule has 0 rings (SSSR count). The topological polar surface area (TPSA) is 89.9 Å².